The summed E-state index contributed by atoms with van der Waals surface area (Å²) in [7, 11) is 0. The molecule has 1 N–H and O–H groups in total. The average molecular weight is 491 g/mol. The molecule has 1 atom stereocenters. The summed E-state index contributed by atoms with van der Waals surface area (Å²) in [5.74, 6) is -0.0194. The highest BCUT2D eigenvalue weighted by Gasteiger charge is 2.32. The Morgan fingerprint density at radius 3 is 2.28 bits per heavy atom. The third-order valence-corrected chi connectivity index (χ3v) is 7.11. The standard InChI is InChI=1S/C26H27BrN4O/c27-23-12-6-4-10-21(23)25-28-26(32)22-11-5-7-13-24(22)31(25)19-16-29-14-17-30(18-15-29)20-8-2-1-3-9-20/h1-13,25H,14-19H2,(H,28,32). The molecule has 1 fully saturated rings. The quantitative estimate of drug-likeness (QED) is 0.570. The second-order valence-corrected chi connectivity index (χ2v) is 9.13. The lowest BCUT2D eigenvalue weighted by Crippen LogP contribution is -2.52. The Labute approximate surface area is 197 Å². The highest BCUT2D eigenvalue weighted by atomic mass is 79.9. The molecule has 0 bridgehead atoms. The monoisotopic (exact) mass is 490 g/mol. The van der Waals surface area contributed by atoms with Crippen LogP contribution in [0.5, 0.6) is 0 Å². The molecule has 0 spiro atoms. The van der Waals surface area contributed by atoms with Crippen molar-refractivity contribution in [1.29, 1.82) is 0 Å². The van der Waals surface area contributed by atoms with E-state index in [1.807, 2.05) is 36.4 Å². The van der Waals surface area contributed by atoms with Crippen molar-refractivity contribution in [3.05, 3.63) is 94.5 Å². The molecule has 1 saturated heterocycles. The molecule has 1 unspecified atom stereocenters. The number of rotatable bonds is 5. The first-order valence-corrected chi connectivity index (χ1v) is 11.9. The van der Waals surface area contributed by atoms with Crippen LogP contribution in [0.4, 0.5) is 11.4 Å². The lowest BCUT2D eigenvalue weighted by molar-refractivity contribution is 0.0925. The SMILES string of the molecule is O=C1NC(c2ccccc2Br)N(CCN2CCN(c3ccccc3)CC2)c2ccccc21. The molecule has 0 aromatic heterocycles. The molecule has 2 aliphatic rings. The summed E-state index contributed by atoms with van der Waals surface area (Å²) in [5.41, 5.74) is 4.11. The predicted molar refractivity (Wildman–Crippen MR) is 133 cm³/mol. The van der Waals surface area contributed by atoms with Gasteiger partial charge in [-0.05, 0) is 30.3 Å². The third-order valence-electron chi connectivity index (χ3n) is 6.39. The van der Waals surface area contributed by atoms with Crippen LogP contribution in [-0.2, 0) is 0 Å². The van der Waals surface area contributed by atoms with Crippen LogP contribution in [-0.4, -0.2) is 50.1 Å². The van der Waals surface area contributed by atoms with Gasteiger partial charge in [-0.1, -0.05) is 64.5 Å². The maximum Gasteiger partial charge on any atom is 0.255 e. The smallest absolute Gasteiger partial charge is 0.255 e. The van der Waals surface area contributed by atoms with Gasteiger partial charge in [0.15, 0.2) is 0 Å². The molecule has 5 rings (SSSR count). The van der Waals surface area contributed by atoms with E-state index in [-0.39, 0.29) is 12.1 Å². The number of nitrogens with one attached hydrogen (secondary N) is 1. The van der Waals surface area contributed by atoms with Crippen LogP contribution < -0.4 is 15.1 Å². The van der Waals surface area contributed by atoms with E-state index in [0.717, 1.165) is 60.6 Å². The van der Waals surface area contributed by atoms with Crippen LogP contribution in [0.25, 0.3) is 0 Å². The molecule has 32 heavy (non-hydrogen) atoms. The predicted octanol–water partition coefficient (Wildman–Crippen LogP) is 4.52. The van der Waals surface area contributed by atoms with Gasteiger partial charge in [-0.3, -0.25) is 9.69 Å². The first kappa shape index (κ1) is 21.0. The van der Waals surface area contributed by atoms with E-state index in [1.165, 1.54) is 5.69 Å². The van der Waals surface area contributed by atoms with Crippen molar-refractivity contribution in [1.82, 2.24) is 10.2 Å². The van der Waals surface area contributed by atoms with Crippen molar-refractivity contribution in [2.45, 2.75) is 6.17 Å². The number of benzene rings is 3. The highest BCUT2D eigenvalue weighted by Crippen LogP contribution is 2.35. The van der Waals surface area contributed by atoms with E-state index < -0.39 is 0 Å². The summed E-state index contributed by atoms with van der Waals surface area (Å²) in [5, 5.41) is 3.23. The Morgan fingerprint density at radius 1 is 0.812 bits per heavy atom. The summed E-state index contributed by atoms with van der Waals surface area (Å²) in [4.78, 5) is 20.1. The average Bonchev–Trinajstić information content (AvgIpc) is 2.85. The first-order chi connectivity index (χ1) is 15.7. The van der Waals surface area contributed by atoms with Gasteiger partial charge >= 0.3 is 0 Å². The maximum absolute atomic E-state index is 12.8. The second kappa shape index (κ2) is 9.35. The summed E-state index contributed by atoms with van der Waals surface area (Å²) >= 11 is 3.68. The fraction of sp³-hybridized carbons (Fsp3) is 0.269. The van der Waals surface area contributed by atoms with Crippen molar-refractivity contribution in [2.24, 2.45) is 0 Å². The van der Waals surface area contributed by atoms with Crippen LogP contribution in [0.15, 0.2) is 83.3 Å². The van der Waals surface area contributed by atoms with Crippen molar-refractivity contribution in [3.8, 4) is 0 Å². The molecule has 1 amide bonds. The van der Waals surface area contributed by atoms with Gasteiger partial charge in [0.05, 0.1) is 11.3 Å². The van der Waals surface area contributed by atoms with Crippen LogP contribution in [0, 0.1) is 0 Å². The molecule has 3 aromatic carbocycles. The van der Waals surface area contributed by atoms with E-state index in [2.05, 4.69) is 78.4 Å². The zero-order chi connectivity index (χ0) is 21.9. The number of hydrogen-bond acceptors (Lipinski definition) is 4. The number of piperazine rings is 1. The fourth-order valence-electron chi connectivity index (χ4n) is 4.64. The number of anilines is 2. The van der Waals surface area contributed by atoms with Crippen molar-refractivity contribution in [2.75, 3.05) is 49.1 Å². The molecule has 2 heterocycles. The number of hydrogen-bond donors (Lipinski definition) is 1. The van der Waals surface area contributed by atoms with Crippen molar-refractivity contribution < 1.29 is 4.79 Å². The number of fused-ring (bicyclic) bond motifs is 1. The Bertz CT molecular complexity index is 1080. The molecular weight excluding hydrogens is 464 g/mol. The molecule has 6 heteroatoms. The van der Waals surface area contributed by atoms with E-state index in [1.54, 1.807) is 0 Å². The van der Waals surface area contributed by atoms with Crippen molar-refractivity contribution in [3.63, 3.8) is 0 Å². The Balaban J connectivity index is 1.32. The normalized spacial score (nSPS) is 18.9. The number of carbonyl (C=O) groups is 1. The number of halogens is 1. The van der Waals surface area contributed by atoms with Gasteiger partial charge in [-0.15, -0.1) is 0 Å². The summed E-state index contributed by atoms with van der Waals surface area (Å²) in [6.07, 6.45) is -0.196. The van der Waals surface area contributed by atoms with Gasteiger partial charge < -0.3 is 15.1 Å². The first-order valence-electron chi connectivity index (χ1n) is 11.1. The van der Waals surface area contributed by atoms with Gasteiger partial charge in [0.1, 0.15) is 6.17 Å². The summed E-state index contributed by atoms with van der Waals surface area (Å²) in [6, 6.07) is 26.7. The molecule has 5 nitrogen and oxygen atoms in total. The lowest BCUT2D eigenvalue weighted by atomic mass is 10.0. The minimum atomic E-state index is -0.196. The molecule has 3 aromatic rings. The lowest BCUT2D eigenvalue weighted by Gasteiger charge is -2.42. The van der Waals surface area contributed by atoms with Gasteiger partial charge in [0, 0.05) is 55.0 Å². The Morgan fingerprint density at radius 2 is 1.50 bits per heavy atom. The zero-order valence-corrected chi connectivity index (χ0v) is 19.5. The van der Waals surface area contributed by atoms with Crippen LogP contribution in [0.1, 0.15) is 22.1 Å². The van der Waals surface area contributed by atoms with Crippen LogP contribution >= 0.6 is 15.9 Å². The molecule has 164 valence electrons. The third kappa shape index (κ3) is 4.25. The fourth-order valence-corrected chi connectivity index (χ4v) is 5.15. The van der Waals surface area contributed by atoms with Crippen LogP contribution in [0.3, 0.4) is 0 Å². The summed E-state index contributed by atoms with van der Waals surface area (Å²) < 4.78 is 1.01. The minimum absolute atomic E-state index is 0.0194. The van der Waals surface area contributed by atoms with E-state index >= 15 is 0 Å². The highest BCUT2D eigenvalue weighted by molar-refractivity contribution is 9.10. The Hall–Kier alpha value is -2.83. The van der Waals surface area contributed by atoms with Gasteiger partial charge in [0.2, 0.25) is 0 Å². The van der Waals surface area contributed by atoms with E-state index in [4.69, 9.17) is 0 Å². The zero-order valence-electron chi connectivity index (χ0n) is 18.0. The van der Waals surface area contributed by atoms with Gasteiger partial charge in [-0.2, -0.15) is 0 Å². The molecule has 0 aliphatic carbocycles. The van der Waals surface area contributed by atoms with Gasteiger partial charge in [0.25, 0.3) is 5.91 Å². The molecule has 2 aliphatic heterocycles. The van der Waals surface area contributed by atoms with Crippen molar-refractivity contribution >= 4 is 33.2 Å². The second-order valence-electron chi connectivity index (χ2n) is 8.27. The largest absolute Gasteiger partial charge is 0.369 e. The Kier molecular flexibility index (Phi) is 6.14. The number of amides is 1. The number of carbonyl (C=O) groups excluding carboxylic acids is 1. The molecule has 0 radical (unpaired) electrons. The maximum atomic E-state index is 12.8. The number of nitrogens with zero attached hydrogens (tertiary/aromatic N) is 3. The van der Waals surface area contributed by atoms with Gasteiger partial charge in [-0.25, -0.2) is 0 Å². The molecular formula is C26H27BrN4O. The minimum Gasteiger partial charge on any atom is -0.369 e. The van der Waals surface area contributed by atoms with E-state index in [9.17, 15) is 4.79 Å². The topological polar surface area (TPSA) is 38.8 Å². The number of para-hydroxylation sites is 2. The van der Waals surface area contributed by atoms with Crippen LogP contribution in [0.2, 0.25) is 0 Å². The van der Waals surface area contributed by atoms with E-state index in [0.29, 0.717) is 0 Å². The summed E-state index contributed by atoms with van der Waals surface area (Å²) in [6.45, 7) is 5.94. The molecule has 0 saturated carbocycles.